The number of fused-ring (bicyclic) bond motifs is 1. The second-order valence-corrected chi connectivity index (χ2v) is 8.11. The second kappa shape index (κ2) is 8.39. The van der Waals surface area contributed by atoms with Gasteiger partial charge in [0.2, 0.25) is 5.91 Å². The number of carbonyl (C=O) groups is 2. The van der Waals surface area contributed by atoms with Gasteiger partial charge in [0, 0.05) is 35.6 Å². The Kier molecular flexibility index (Phi) is 5.67. The van der Waals surface area contributed by atoms with Gasteiger partial charge >= 0.3 is 0 Å². The molecule has 0 atom stereocenters. The largest absolute Gasteiger partial charge is 0.348 e. The Labute approximate surface area is 179 Å². The summed E-state index contributed by atoms with van der Waals surface area (Å²) in [6.07, 6.45) is 5.97. The number of anilines is 1. The summed E-state index contributed by atoms with van der Waals surface area (Å²) < 4.78 is 1.67. The highest BCUT2D eigenvalue weighted by atomic mass is 35.5. The summed E-state index contributed by atoms with van der Waals surface area (Å²) in [5.41, 5.74) is 3.34. The van der Waals surface area contributed by atoms with Gasteiger partial charge in [-0.2, -0.15) is 5.10 Å². The highest BCUT2D eigenvalue weighted by Crippen LogP contribution is 2.27. The predicted octanol–water partition coefficient (Wildman–Crippen LogP) is 3.32. The molecule has 4 rings (SSSR count). The van der Waals surface area contributed by atoms with Crippen molar-refractivity contribution < 1.29 is 9.59 Å². The van der Waals surface area contributed by atoms with Crippen LogP contribution in [0.4, 0.5) is 5.69 Å². The van der Waals surface area contributed by atoms with Crippen molar-refractivity contribution in [1.29, 1.82) is 0 Å². The number of nitrogens with zero attached hydrogens (tertiary/aromatic N) is 4. The summed E-state index contributed by atoms with van der Waals surface area (Å²) >= 11 is 6.08. The number of pyridine rings is 1. The van der Waals surface area contributed by atoms with Crippen LogP contribution in [0.3, 0.4) is 0 Å². The average Bonchev–Trinajstić information content (AvgIpc) is 3.15. The zero-order chi connectivity index (χ0) is 21.3. The van der Waals surface area contributed by atoms with Gasteiger partial charge in [0.15, 0.2) is 11.3 Å². The molecule has 3 aromatic heterocycles. The Bertz CT molecular complexity index is 1100. The van der Waals surface area contributed by atoms with Crippen LogP contribution in [-0.2, 0) is 4.79 Å². The van der Waals surface area contributed by atoms with Gasteiger partial charge in [0.1, 0.15) is 0 Å². The van der Waals surface area contributed by atoms with Crippen molar-refractivity contribution in [2.75, 3.05) is 5.32 Å². The van der Waals surface area contributed by atoms with Crippen molar-refractivity contribution >= 4 is 34.7 Å². The molecule has 2 amide bonds. The molecule has 1 aliphatic rings. The standard InChI is InChI=1S/C21H23ClN6O2/c1-12-9-13(2)28-19(24-12)10-17(27-28)21(30)25-15-5-3-14(4-6-15)20(29)26-18-11-23-8-7-16(18)22/h7-11,14-15H,3-6H2,1-2H3,(H,25,30)(H,26,29)/t14-,15-. The molecule has 3 heterocycles. The molecule has 156 valence electrons. The maximum absolute atomic E-state index is 12.7. The van der Waals surface area contributed by atoms with E-state index in [4.69, 9.17) is 11.6 Å². The molecule has 0 aromatic carbocycles. The second-order valence-electron chi connectivity index (χ2n) is 7.71. The van der Waals surface area contributed by atoms with Crippen LogP contribution in [0.5, 0.6) is 0 Å². The number of nitrogens with one attached hydrogen (secondary N) is 2. The zero-order valence-corrected chi connectivity index (χ0v) is 17.6. The molecule has 0 unspecified atom stereocenters. The number of halogens is 1. The Balaban J connectivity index is 1.33. The van der Waals surface area contributed by atoms with E-state index in [2.05, 4.69) is 25.7 Å². The fraction of sp³-hybridized carbons (Fsp3) is 0.381. The molecule has 30 heavy (non-hydrogen) atoms. The average molecular weight is 427 g/mol. The molecule has 8 nitrogen and oxygen atoms in total. The van der Waals surface area contributed by atoms with Gasteiger partial charge < -0.3 is 10.6 Å². The molecular weight excluding hydrogens is 404 g/mol. The number of amides is 2. The first-order valence-electron chi connectivity index (χ1n) is 9.96. The monoisotopic (exact) mass is 426 g/mol. The minimum atomic E-state index is -0.215. The lowest BCUT2D eigenvalue weighted by molar-refractivity contribution is -0.120. The van der Waals surface area contributed by atoms with Crippen molar-refractivity contribution in [3.05, 3.63) is 52.7 Å². The number of hydrogen-bond donors (Lipinski definition) is 2. The third kappa shape index (κ3) is 4.28. The molecule has 1 fully saturated rings. The van der Waals surface area contributed by atoms with E-state index in [0.29, 0.717) is 34.9 Å². The third-order valence-electron chi connectivity index (χ3n) is 5.42. The summed E-state index contributed by atoms with van der Waals surface area (Å²) in [6, 6.07) is 5.28. The van der Waals surface area contributed by atoms with Gasteiger partial charge in [-0.3, -0.25) is 14.6 Å². The van der Waals surface area contributed by atoms with Crippen LogP contribution in [0.25, 0.3) is 5.65 Å². The van der Waals surface area contributed by atoms with E-state index in [-0.39, 0.29) is 23.8 Å². The van der Waals surface area contributed by atoms with E-state index in [9.17, 15) is 9.59 Å². The van der Waals surface area contributed by atoms with Gasteiger partial charge in [0.25, 0.3) is 5.91 Å². The van der Waals surface area contributed by atoms with Crippen molar-refractivity contribution in [2.45, 2.75) is 45.6 Å². The molecule has 1 aliphatic carbocycles. The molecular formula is C21H23ClN6O2. The SMILES string of the molecule is Cc1cc(C)n2nc(C(=O)N[C@H]3CC[C@H](C(=O)Nc4cnccc4Cl)CC3)cc2n1. The van der Waals surface area contributed by atoms with Crippen molar-refractivity contribution in [3.63, 3.8) is 0 Å². The third-order valence-corrected chi connectivity index (χ3v) is 5.75. The normalized spacial score (nSPS) is 18.9. The lowest BCUT2D eigenvalue weighted by Gasteiger charge is -2.28. The highest BCUT2D eigenvalue weighted by molar-refractivity contribution is 6.33. The molecule has 0 aliphatic heterocycles. The van der Waals surface area contributed by atoms with E-state index < -0.39 is 0 Å². The zero-order valence-electron chi connectivity index (χ0n) is 16.9. The number of carbonyl (C=O) groups excluding carboxylic acids is 2. The smallest absolute Gasteiger partial charge is 0.272 e. The summed E-state index contributed by atoms with van der Waals surface area (Å²) in [7, 11) is 0. The van der Waals surface area contributed by atoms with Gasteiger partial charge in [-0.05, 0) is 51.7 Å². The van der Waals surface area contributed by atoms with Crippen LogP contribution in [0.15, 0.2) is 30.6 Å². The number of aryl methyl sites for hydroxylation is 2. The van der Waals surface area contributed by atoms with Crippen LogP contribution < -0.4 is 10.6 Å². The first-order chi connectivity index (χ1) is 14.4. The number of aromatic nitrogens is 4. The number of rotatable bonds is 4. The van der Waals surface area contributed by atoms with Crippen molar-refractivity contribution in [3.8, 4) is 0 Å². The van der Waals surface area contributed by atoms with Gasteiger partial charge in [-0.15, -0.1) is 0 Å². The summed E-state index contributed by atoms with van der Waals surface area (Å²) in [4.78, 5) is 33.6. The van der Waals surface area contributed by atoms with Crippen LogP contribution in [0, 0.1) is 19.8 Å². The van der Waals surface area contributed by atoms with Crippen LogP contribution in [-0.4, -0.2) is 37.4 Å². The van der Waals surface area contributed by atoms with E-state index in [1.807, 2.05) is 19.9 Å². The first-order valence-corrected chi connectivity index (χ1v) is 10.3. The van der Waals surface area contributed by atoms with E-state index in [1.54, 1.807) is 29.0 Å². The van der Waals surface area contributed by atoms with Gasteiger partial charge in [-0.25, -0.2) is 9.50 Å². The molecule has 0 saturated heterocycles. The van der Waals surface area contributed by atoms with Crippen molar-refractivity contribution in [2.24, 2.45) is 5.92 Å². The van der Waals surface area contributed by atoms with E-state index >= 15 is 0 Å². The first kappa shape index (κ1) is 20.3. The molecule has 0 bridgehead atoms. The fourth-order valence-electron chi connectivity index (χ4n) is 3.86. The Morgan fingerprint density at radius 3 is 2.67 bits per heavy atom. The molecule has 1 saturated carbocycles. The summed E-state index contributed by atoms with van der Waals surface area (Å²) in [5, 5.41) is 10.7. The maximum atomic E-state index is 12.7. The molecule has 2 N–H and O–H groups in total. The van der Waals surface area contributed by atoms with Crippen LogP contribution in [0.2, 0.25) is 5.02 Å². The lowest BCUT2D eigenvalue weighted by Crippen LogP contribution is -2.39. The Morgan fingerprint density at radius 2 is 1.93 bits per heavy atom. The van der Waals surface area contributed by atoms with Gasteiger partial charge in [0.05, 0.1) is 16.9 Å². The lowest BCUT2D eigenvalue weighted by atomic mass is 9.85. The highest BCUT2D eigenvalue weighted by Gasteiger charge is 2.28. The quantitative estimate of drug-likeness (QED) is 0.666. The van der Waals surface area contributed by atoms with Crippen LogP contribution in [0.1, 0.15) is 47.6 Å². The van der Waals surface area contributed by atoms with Crippen molar-refractivity contribution in [1.82, 2.24) is 24.9 Å². The maximum Gasteiger partial charge on any atom is 0.272 e. The van der Waals surface area contributed by atoms with E-state index in [1.165, 1.54) is 0 Å². The summed E-state index contributed by atoms with van der Waals surface area (Å²) in [5.74, 6) is -0.390. The molecule has 3 aromatic rings. The number of hydrogen-bond acceptors (Lipinski definition) is 5. The molecule has 9 heteroatoms. The molecule has 0 radical (unpaired) electrons. The minimum absolute atomic E-state index is 0.0177. The summed E-state index contributed by atoms with van der Waals surface area (Å²) in [6.45, 7) is 3.85. The Morgan fingerprint density at radius 1 is 1.17 bits per heavy atom. The van der Waals surface area contributed by atoms with E-state index in [0.717, 1.165) is 24.2 Å². The minimum Gasteiger partial charge on any atom is -0.348 e. The fourth-order valence-corrected chi connectivity index (χ4v) is 4.01. The predicted molar refractivity (Wildman–Crippen MR) is 114 cm³/mol. The van der Waals surface area contributed by atoms with Crippen LogP contribution >= 0.6 is 11.6 Å². The Hall–Kier alpha value is -3.00. The van der Waals surface area contributed by atoms with Gasteiger partial charge in [-0.1, -0.05) is 11.6 Å². The topological polar surface area (TPSA) is 101 Å². The molecule has 0 spiro atoms.